The number of carbonyl (C=O) groups is 2. The van der Waals surface area contributed by atoms with Gasteiger partial charge >= 0.3 is 5.97 Å². The van der Waals surface area contributed by atoms with Crippen LogP contribution in [0.2, 0.25) is 0 Å². The van der Waals surface area contributed by atoms with Crippen LogP contribution >= 0.6 is 11.3 Å². The highest BCUT2D eigenvalue weighted by Gasteiger charge is 2.26. The average molecular weight is 283 g/mol. The molecule has 1 unspecified atom stereocenters. The van der Waals surface area contributed by atoms with Gasteiger partial charge in [0.15, 0.2) is 0 Å². The number of amides is 1. The Bertz CT molecular complexity index is 475. The Balaban J connectivity index is 2.00. The standard InChI is InChI=1S/C12H17N3O3S/c13-5-10-14-9(7-19-10)12(18)15-3-1-2-8(6-15)4-11(16)17/h7-8H,1-6,13H2,(H,16,17). The Morgan fingerprint density at radius 1 is 1.58 bits per heavy atom. The molecule has 1 amide bonds. The van der Waals surface area contributed by atoms with Crippen LogP contribution < -0.4 is 5.73 Å². The fraction of sp³-hybridized carbons (Fsp3) is 0.583. The summed E-state index contributed by atoms with van der Waals surface area (Å²) in [6.45, 7) is 1.50. The molecule has 104 valence electrons. The number of hydrogen-bond donors (Lipinski definition) is 2. The Labute approximate surface area is 115 Å². The number of carboxylic acid groups (broad SMARTS) is 1. The Hall–Kier alpha value is -1.47. The molecule has 19 heavy (non-hydrogen) atoms. The molecule has 3 N–H and O–H groups in total. The normalized spacial score (nSPS) is 19.4. The van der Waals surface area contributed by atoms with E-state index in [1.54, 1.807) is 10.3 Å². The first-order chi connectivity index (χ1) is 9.10. The highest BCUT2D eigenvalue weighted by Crippen LogP contribution is 2.21. The third kappa shape index (κ3) is 3.51. The molecule has 1 fully saturated rings. The summed E-state index contributed by atoms with van der Waals surface area (Å²) >= 11 is 1.38. The molecule has 2 heterocycles. The van der Waals surface area contributed by atoms with Gasteiger partial charge in [0, 0.05) is 31.4 Å². The minimum absolute atomic E-state index is 0.0443. The quantitative estimate of drug-likeness (QED) is 0.856. The second kappa shape index (κ2) is 6.12. The van der Waals surface area contributed by atoms with Gasteiger partial charge in [-0.2, -0.15) is 0 Å². The van der Waals surface area contributed by atoms with Crippen molar-refractivity contribution in [1.29, 1.82) is 0 Å². The van der Waals surface area contributed by atoms with Crippen molar-refractivity contribution < 1.29 is 14.7 Å². The molecule has 1 saturated heterocycles. The number of piperidine rings is 1. The number of likely N-dealkylation sites (tertiary alicyclic amines) is 1. The van der Waals surface area contributed by atoms with Gasteiger partial charge in [-0.3, -0.25) is 9.59 Å². The maximum absolute atomic E-state index is 12.2. The van der Waals surface area contributed by atoms with Gasteiger partial charge in [-0.15, -0.1) is 11.3 Å². The van der Waals surface area contributed by atoms with Gasteiger partial charge in [0.25, 0.3) is 5.91 Å². The molecule has 7 heteroatoms. The zero-order valence-corrected chi connectivity index (χ0v) is 11.4. The van der Waals surface area contributed by atoms with E-state index in [1.807, 2.05) is 0 Å². The van der Waals surface area contributed by atoms with E-state index in [1.165, 1.54) is 11.3 Å². The summed E-state index contributed by atoms with van der Waals surface area (Å²) in [6, 6.07) is 0. The maximum atomic E-state index is 12.2. The summed E-state index contributed by atoms with van der Waals surface area (Å²) in [6.07, 6.45) is 1.83. The molecule has 0 aromatic carbocycles. The smallest absolute Gasteiger partial charge is 0.303 e. The summed E-state index contributed by atoms with van der Waals surface area (Å²) in [5, 5.41) is 11.3. The van der Waals surface area contributed by atoms with Gasteiger partial charge in [0.1, 0.15) is 10.7 Å². The second-order valence-corrected chi connectivity index (χ2v) is 5.63. The summed E-state index contributed by atoms with van der Waals surface area (Å²) in [5.74, 6) is -0.882. The number of carboxylic acids is 1. The third-order valence-electron chi connectivity index (χ3n) is 3.21. The van der Waals surface area contributed by atoms with Crippen LogP contribution in [0.3, 0.4) is 0 Å². The van der Waals surface area contributed by atoms with Gasteiger partial charge in [0.05, 0.1) is 0 Å². The number of thiazole rings is 1. The van der Waals surface area contributed by atoms with Crippen LogP contribution in [0.5, 0.6) is 0 Å². The van der Waals surface area contributed by atoms with Crippen molar-refractivity contribution in [3.05, 3.63) is 16.1 Å². The molecule has 0 aliphatic carbocycles. The fourth-order valence-electron chi connectivity index (χ4n) is 2.33. The number of nitrogens with two attached hydrogens (primary N) is 1. The van der Waals surface area contributed by atoms with Crippen LogP contribution in [0.25, 0.3) is 0 Å². The first-order valence-corrected chi connectivity index (χ1v) is 7.13. The van der Waals surface area contributed by atoms with Crippen LogP contribution in [-0.2, 0) is 11.3 Å². The average Bonchev–Trinajstić information content (AvgIpc) is 2.86. The third-order valence-corrected chi connectivity index (χ3v) is 4.09. The van der Waals surface area contributed by atoms with Crippen molar-refractivity contribution in [3.63, 3.8) is 0 Å². The zero-order valence-electron chi connectivity index (χ0n) is 10.5. The van der Waals surface area contributed by atoms with E-state index in [0.717, 1.165) is 17.8 Å². The second-order valence-electron chi connectivity index (χ2n) is 4.69. The van der Waals surface area contributed by atoms with Crippen LogP contribution in [-0.4, -0.2) is 40.0 Å². The van der Waals surface area contributed by atoms with E-state index in [0.29, 0.717) is 25.3 Å². The van der Waals surface area contributed by atoms with Crippen molar-refractivity contribution in [1.82, 2.24) is 9.88 Å². The monoisotopic (exact) mass is 283 g/mol. The molecule has 0 bridgehead atoms. The lowest BCUT2D eigenvalue weighted by Crippen LogP contribution is -2.40. The Morgan fingerprint density at radius 2 is 2.37 bits per heavy atom. The van der Waals surface area contributed by atoms with Crippen molar-refractivity contribution in [2.24, 2.45) is 11.7 Å². The minimum atomic E-state index is -0.807. The molecule has 6 nitrogen and oxygen atoms in total. The van der Waals surface area contributed by atoms with E-state index in [2.05, 4.69) is 4.98 Å². The van der Waals surface area contributed by atoms with E-state index in [-0.39, 0.29) is 18.2 Å². The first-order valence-electron chi connectivity index (χ1n) is 6.25. The van der Waals surface area contributed by atoms with Gasteiger partial charge in [-0.05, 0) is 18.8 Å². The number of carbonyl (C=O) groups excluding carboxylic acids is 1. The molecule has 1 aromatic heterocycles. The predicted octanol–water partition coefficient (Wildman–Crippen LogP) is 0.929. The van der Waals surface area contributed by atoms with Crippen LogP contribution in [0.15, 0.2) is 5.38 Å². The van der Waals surface area contributed by atoms with Crippen LogP contribution in [0.4, 0.5) is 0 Å². The van der Waals surface area contributed by atoms with Crippen molar-refractivity contribution in [3.8, 4) is 0 Å². The minimum Gasteiger partial charge on any atom is -0.481 e. The number of aromatic nitrogens is 1. The van der Waals surface area contributed by atoms with Crippen molar-refractivity contribution >= 4 is 23.2 Å². The molecule has 1 aliphatic heterocycles. The SMILES string of the molecule is NCc1nc(C(=O)N2CCCC(CC(=O)O)C2)cs1. The number of nitrogens with zero attached hydrogens (tertiary/aromatic N) is 2. The summed E-state index contributed by atoms with van der Waals surface area (Å²) < 4.78 is 0. The first kappa shape index (κ1) is 14.0. The zero-order chi connectivity index (χ0) is 13.8. The van der Waals surface area contributed by atoms with Crippen molar-refractivity contribution in [2.75, 3.05) is 13.1 Å². The molecule has 1 aliphatic rings. The van der Waals surface area contributed by atoms with Crippen LogP contribution in [0, 0.1) is 5.92 Å². The van der Waals surface area contributed by atoms with Gasteiger partial charge in [0.2, 0.25) is 0 Å². The lowest BCUT2D eigenvalue weighted by molar-refractivity contribution is -0.138. The van der Waals surface area contributed by atoms with Gasteiger partial charge in [-0.25, -0.2) is 4.98 Å². The number of aliphatic carboxylic acids is 1. The highest BCUT2D eigenvalue weighted by molar-refractivity contribution is 7.09. The Morgan fingerprint density at radius 3 is 3.00 bits per heavy atom. The maximum Gasteiger partial charge on any atom is 0.303 e. The number of rotatable bonds is 4. The largest absolute Gasteiger partial charge is 0.481 e. The summed E-state index contributed by atoms with van der Waals surface area (Å²) in [4.78, 5) is 28.8. The van der Waals surface area contributed by atoms with Crippen LogP contribution in [0.1, 0.15) is 34.8 Å². The van der Waals surface area contributed by atoms with E-state index >= 15 is 0 Å². The molecule has 0 saturated carbocycles. The molecule has 0 spiro atoms. The number of hydrogen-bond acceptors (Lipinski definition) is 5. The molecular weight excluding hydrogens is 266 g/mol. The van der Waals surface area contributed by atoms with E-state index < -0.39 is 5.97 Å². The van der Waals surface area contributed by atoms with Gasteiger partial charge < -0.3 is 15.7 Å². The fourth-order valence-corrected chi connectivity index (χ4v) is 2.98. The summed E-state index contributed by atoms with van der Waals surface area (Å²) in [7, 11) is 0. The van der Waals surface area contributed by atoms with Gasteiger partial charge in [-0.1, -0.05) is 0 Å². The molecule has 0 radical (unpaired) electrons. The molecule has 1 aromatic rings. The van der Waals surface area contributed by atoms with E-state index in [9.17, 15) is 9.59 Å². The molecular formula is C12H17N3O3S. The molecule has 2 rings (SSSR count). The topological polar surface area (TPSA) is 96.5 Å². The lowest BCUT2D eigenvalue weighted by atomic mass is 9.95. The van der Waals surface area contributed by atoms with Crippen molar-refractivity contribution in [2.45, 2.75) is 25.8 Å². The highest BCUT2D eigenvalue weighted by atomic mass is 32.1. The molecule has 1 atom stereocenters. The predicted molar refractivity (Wildman–Crippen MR) is 70.9 cm³/mol. The Kier molecular flexibility index (Phi) is 4.49. The van der Waals surface area contributed by atoms with E-state index in [4.69, 9.17) is 10.8 Å². The lowest BCUT2D eigenvalue weighted by Gasteiger charge is -2.31. The summed E-state index contributed by atoms with van der Waals surface area (Å²) in [5.41, 5.74) is 5.89.